The standard InChI is InChI=1S/C23H30OS/c1-11-12(2)15(5)20-18(13(11)3)19-14(4)16(6)22(25(10)24)17(7)21(19)23(20,8)9/h1-10H3. The van der Waals surface area contributed by atoms with Crippen LogP contribution in [0.3, 0.4) is 0 Å². The monoisotopic (exact) mass is 354 g/mol. The van der Waals surface area contributed by atoms with E-state index in [4.69, 9.17) is 0 Å². The summed E-state index contributed by atoms with van der Waals surface area (Å²) in [6.07, 6.45) is 1.81. The highest BCUT2D eigenvalue weighted by atomic mass is 32.2. The maximum atomic E-state index is 12.5. The number of benzene rings is 2. The third-order valence-corrected chi connectivity index (χ3v) is 7.91. The highest BCUT2D eigenvalue weighted by Crippen LogP contribution is 2.56. The Morgan fingerprint density at radius 2 is 1.00 bits per heavy atom. The Hall–Kier alpha value is -1.41. The van der Waals surface area contributed by atoms with Gasteiger partial charge in [-0.1, -0.05) is 13.8 Å². The van der Waals surface area contributed by atoms with Crippen molar-refractivity contribution >= 4 is 10.8 Å². The van der Waals surface area contributed by atoms with Crippen molar-refractivity contribution in [3.8, 4) is 11.1 Å². The van der Waals surface area contributed by atoms with Crippen molar-refractivity contribution in [2.24, 2.45) is 0 Å². The van der Waals surface area contributed by atoms with Gasteiger partial charge in [0.25, 0.3) is 0 Å². The molecule has 1 nitrogen and oxygen atoms in total. The Balaban J connectivity index is 2.62. The SMILES string of the molecule is Cc1c(C)c(C)c2c(c1C)-c1c(C)c(C)c(S(C)=O)c(C)c1C2(C)C. The average molecular weight is 355 g/mol. The maximum Gasteiger partial charge on any atom is 0.0503 e. The van der Waals surface area contributed by atoms with Gasteiger partial charge in [0.05, 0.1) is 10.8 Å². The third-order valence-electron chi connectivity index (χ3n) is 6.72. The Morgan fingerprint density at radius 3 is 1.48 bits per heavy atom. The molecule has 1 atom stereocenters. The van der Waals surface area contributed by atoms with Gasteiger partial charge in [-0.3, -0.25) is 4.21 Å². The molecule has 0 saturated heterocycles. The smallest absolute Gasteiger partial charge is 0.0503 e. The summed E-state index contributed by atoms with van der Waals surface area (Å²) in [5, 5.41) is 0. The second-order valence-corrected chi connectivity index (χ2v) is 9.60. The maximum absolute atomic E-state index is 12.5. The summed E-state index contributed by atoms with van der Waals surface area (Å²) in [7, 11) is -0.973. The molecule has 1 unspecified atom stereocenters. The fourth-order valence-corrected chi connectivity index (χ4v) is 6.30. The molecule has 2 aromatic rings. The summed E-state index contributed by atoms with van der Waals surface area (Å²) in [6, 6.07) is 0. The van der Waals surface area contributed by atoms with Gasteiger partial charge in [-0.05, 0) is 110 Å². The molecule has 0 radical (unpaired) electrons. The van der Waals surface area contributed by atoms with Crippen LogP contribution in [0.2, 0.25) is 0 Å². The Labute approximate surface area is 155 Å². The van der Waals surface area contributed by atoms with Crippen LogP contribution in [0.15, 0.2) is 4.90 Å². The second-order valence-electron chi connectivity index (χ2n) is 8.28. The van der Waals surface area contributed by atoms with Gasteiger partial charge in [0.1, 0.15) is 0 Å². The molecule has 0 heterocycles. The molecule has 0 fully saturated rings. The average Bonchev–Trinajstić information content (AvgIpc) is 2.76. The zero-order chi connectivity index (χ0) is 19.0. The molecular formula is C23H30OS. The summed E-state index contributed by atoms with van der Waals surface area (Å²) in [6.45, 7) is 20.2. The first kappa shape index (κ1) is 18.4. The van der Waals surface area contributed by atoms with Gasteiger partial charge in [0, 0.05) is 16.6 Å². The molecule has 0 spiro atoms. The van der Waals surface area contributed by atoms with Crippen molar-refractivity contribution in [2.45, 2.75) is 72.6 Å². The van der Waals surface area contributed by atoms with Crippen molar-refractivity contribution in [3.63, 3.8) is 0 Å². The van der Waals surface area contributed by atoms with E-state index in [0.29, 0.717) is 0 Å². The molecule has 1 aliphatic carbocycles. The van der Waals surface area contributed by atoms with Gasteiger partial charge < -0.3 is 0 Å². The molecule has 2 aromatic carbocycles. The van der Waals surface area contributed by atoms with E-state index >= 15 is 0 Å². The predicted octanol–water partition coefficient (Wildman–Crippen LogP) is 5.89. The molecule has 0 N–H and O–H groups in total. The number of rotatable bonds is 1. The van der Waals surface area contributed by atoms with E-state index in [-0.39, 0.29) is 5.41 Å². The molecule has 0 amide bonds. The molecule has 25 heavy (non-hydrogen) atoms. The zero-order valence-electron chi connectivity index (χ0n) is 17.3. The molecule has 0 aromatic heterocycles. The van der Waals surface area contributed by atoms with Gasteiger partial charge in [0.15, 0.2) is 0 Å². The molecule has 134 valence electrons. The number of hydrogen-bond acceptors (Lipinski definition) is 1. The molecule has 2 heteroatoms. The first-order chi connectivity index (χ1) is 11.4. The van der Waals surface area contributed by atoms with Crippen LogP contribution in [0, 0.1) is 48.5 Å². The van der Waals surface area contributed by atoms with Crippen molar-refractivity contribution in [1.82, 2.24) is 0 Å². The van der Waals surface area contributed by atoms with E-state index in [1.165, 1.54) is 61.2 Å². The predicted molar refractivity (Wildman–Crippen MR) is 109 cm³/mol. The topological polar surface area (TPSA) is 17.1 Å². The first-order valence-electron chi connectivity index (χ1n) is 9.03. The fourth-order valence-electron chi connectivity index (χ4n) is 5.18. The van der Waals surface area contributed by atoms with Crippen molar-refractivity contribution in [2.75, 3.05) is 6.26 Å². The van der Waals surface area contributed by atoms with E-state index < -0.39 is 10.8 Å². The van der Waals surface area contributed by atoms with E-state index in [1.54, 1.807) is 6.26 Å². The lowest BCUT2D eigenvalue weighted by Crippen LogP contribution is -2.20. The Bertz CT molecular complexity index is 962. The summed E-state index contributed by atoms with van der Waals surface area (Å²) in [5.74, 6) is 0. The quantitative estimate of drug-likeness (QED) is 0.624. The van der Waals surface area contributed by atoms with Crippen LogP contribution >= 0.6 is 0 Å². The van der Waals surface area contributed by atoms with E-state index in [2.05, 4.69) is 62.3 Å². The van der Waals surface area contributed by atoms with E-state index in [9.17, 15) is 4.21 Å². The lowest BCUT2D eigenvalue weighted by atomic mass is 9.76. The Kier molecular flexibility index (Phi) is 4.07. The zero-order valence-corrected chi connectivity index (χ0v) is 18.1. The van der Waals surface area contributed by atoms with Crippen molar-refractivity contribution < 1.29 is 4.21 Å². The van der Waals surface area contributed by atoms with Crippen LogP contribution in [0.4, 0.5) is 0 Å². The summed E-state index contributed by atoms with van der Waals surface area (Å²) in [4.78, 5) is 1.03. The normalized spacial score (nSPS) is 15.9. The molecular weight excluding hydrogens is 324 g/mol. The van der Waals surface area contributed by atoms with Crippen LogP contribution in [0.5, 0.6) is 0 Å². The second kappa shape index (κ2) is 5.54. The third kappa shape index (κ3) is 2.16. The first-order valence-corrected chi connectivity index (χ1v) is 10.6. The lowest BCUT2D eigenvalue weighted by Gasteiger charge is -2.28. The van der Waals surface area contributed by atoms with Crippen LogP contribution < -0.4 is 0 Å². The summed E-state index contributed by atoms with van der Waals surface area (Å²) < 4.78 is 12.5. The molecule has 0 saturated carbocycles. The van der Waals surface area contributed by atoms with Crippen LogP contribution in [0.25, 0.3) is 11.1 Å². The van der Waals surface area contributed by atoms with Crippen molar-refractivity contribution in [1.29, 1.82) is 0 Å². The van der Waals surface area contributed by atoms with Gasteiger partial charge in [0.2, 0.25) is 0 Å². The highest BCUT2D eigenvalue weighted by molar-refractivity contribution is 7.84. The highest BCUT2D eigenvalue weighted by Gasteiger charge is 2.42. The van der Waals surface area contributed by atoms with Crippen LogP contribution in [-0.2, 0) is 16.2 Å². The van der Waals surface area contributed by atoms with E-state index in [1.807, 2.05) is 0 Å². The minimum Gasteiger partial charge on any atom is -0.255 e. The number of fused-ring (bicyclic) bond motifs is 3. The van der Waals surface area contributed by atoms with E-state index in [0.717, 1.165) is 4.90 Å². The minimum atomic E-state index is -0.973. The molecule has 0 bridgehead atoms. The largest absolute Gasteiger partial charge is 0.255 e. The summed E-state index contributed by atoms with van der Waals surface area (Å²) >= 11 is 0. The lowest BCUT2D eigenvalue weighted by molar-refractivity contribution is 0.645. The van der Waals surface area contributed by atoms with Gasteiger partial charge in [-0.2, -0.15) is 0 Å². The van der Waals surface area contributed by atoms with Gasteiger partial charge >= 0.3 is 0 Å². The summed E-state index contributed by atoms with van der Waals surface area (Å²) in [5.41, 5.74) is 14.9. The van der Waals surface area contributed by atoms with Crippen LogP contribution in [-0.4, -0.2) is 10.5 Å². The van der Waals surface area contributed by atoms with Crippen LogP contribution in [0.1, 0.15) is 63.9 Å². The Morgan fingerprint density at radius 1 is 0.600 bits per heavy atom. The minimum absolute atomic E-state index is 0.0609. The molecule has 1 aliphatic rings. The fraction of sp³-hybridized carbons (Fsp3) is 0.478. The number of hydrogen-bond donors (Lipinski definition) is 0. The molecule has 0 aliphatic heterocycles. The van der Waals surface area contributed by atoms with Crippen molar-refractivity contribution in [3.05, 3.63) is 50.1 Å². The molecule has 3 rings (SSSR count). The van der Waals surface area contributed by atoms with Gasteiger partial charge in [-0.15, -0.1) is 0 Å². The van der Waals surface area contributed by atoms with Gasteiger partial charge in [-0.25, -0.2) is 0 Å².